The Morgan fingerprint density at radius 3 is 2.50 bits per heavy atom. The zero-order valence-electron chi connectivity index (χ0n) is 15.3. The fraction of sp³-hybridized carbons (Fsp3) is 0.850. The van der Waals surface area contributed by atoms with Crippen molar-refractivity contribution in [2.75, 3.05) is 6.61 Å². The lowest BCUT2D eigenvalue weighted by atomic mass is 9.35. The summed E-state index contributed by atoms with van der Waals surface area (Å²) in [4.78, 5) is 13.3. The Hall–Kier alpha value is -0.790. The summed E-state index contributed by atoms with van der Waals surface area (Å²) in [5.74, 6) is -3.80. The number of ether oxygens (including phenoxy) is 1. The van der Waals surface area contributed by atoms with Crippen molar-refractivity contribution >= 4 is 5.78 Å². The van der Waals surface area contributed by atoms with Crippen LogP contribution in [0.5, 0.6) is 0 Å². The van der Waals surface area contributed by atoms with Gasteiger partial charge in [-0.3, -0.25) is 4.79 Å². The second kappa shape index (κ2) is 4.61. The molecule has 0 aromatic rings. The van der Waals surface area contributed by atoms with Gasteiger partial charge in [0.25, 0.3) is 0 Å². The highest BCUT2D eigenvalue weighted by molar-refractivity contribution is 6.05. The SMILES string of the molecule is C=C1C(=O)C23C(O)C1CCC2[C@]12CO[C@@]3(O)C(O)C1C(C)(C)CC[C@H]2O. The molecule has 0 aromatic heterocycles. The summed E-state index contributed by atoms with van der Waals surface area (Å²) in [6.07, 6.45) is -0.747. The zero-order valence-corrected chi connectivity index (χ0v) is 15.3. The standard InChI is InChI=1S/C20H28O6/c1-9-10-4-5-11-18-8-26-20(25,19(11,14(9)22)15(10)23)16(24)13(18)17(2,3)7-6-12(18)21/h10-13,15-16,21,23-25H,1,4-8H2,2-3H3/t10?,11?,12-,13?,15?,16?,18+,19?,20+/m1/s1. The molecule has 6 unspecified atom stereocenters. The minimum Gasteiger partial charge on any atom is -0.392 e. The molecule has 4 N–H and O–H groups in total. The lowest BCUT2D eigenvalue weighted by molar-refractivity contribution is -0.458. The van der Waals surface area contributed by atoms with Crippen molar-refractivity contribution < 1.29 is 30.0 Å². The third-order valence-corrected chi connectivity index (χ3v) is 8.88. The molecule has 0 amide bonds. The van der Waals surface area contributed by atoms with E-state index in [0.717, 1.165) is 6.42 Å². The molecule has 0 radical (unpaired) electrons. The lowest BCUT2D eigenvalue weighted by Gasteiger charge is -2.74. The first-order chi connectivity index (χ1) is 12.1. The Bertz CT molecular complexity index is 717. The number of aliphatic hydroxyl groups is 4. The van der Waals surface area contributed by atoms with Crippen molar-refractivity contribution in [3.05, 3.63) is 12.2 Å². The average molecular weight is 364 g/mol. The summed E-state index contributed by atoms with van der Waals surface area (Å²) in [6, 6.07) is 0. The fourth-order valence-electron chi connectivity index (χ4n) is 7.90. The Morgan fingerprint density at radius 2 is 1.81 bits per heavy atom. The minimum atomic E-state index is -2.15. The number of carbonyl (C=O) groups is 1. The summed E-state index contributed by atoms with van der Waals surface area (Å²) in [5.41, 5.74) is -2.49. The molecule has 26 heavy (non-hydrogen) atoms. The molecule has 0 aromatic carbocycles. The third-order valence-electron chi connectivity index (χ3n) is 8.88. The predicted molar refractivity (Wildman–Crippen MR) is 90.7 cm³/mol. The van der Waals surface area contributed by atoms with Gasteiger partial charge in [-0.15, -0.1) is 0 Å². The van der Waals surface area contributed by atoms with Crippen LogP contribution in [-0.2, 0) is 9.53 Å². The van der Waals surface area contributed by atoms with E-state index in [4.69, 9.17) is 4.74 Å². The first kappa shape index (κ1) is 17.3. The fourth-order valence-corrected chi connectivity index (χ4v) is 7.90. The van der Waals surface area contributed by atoms with Gasteiger partial charge >= 0.3 is 0 Å². The second-order valence-electron chi connectivity index (χ2n) is 9.97. The number of Topliss-reactive ketones (excluding diaryl/α,β-unsaturated/α-hetero) is 1. The molecule has 9 atom stereocenters. The molecule has 2 saturated heterocycles. The number of fused-ring (bicyclic) bond motifs is 2. The van der Waals surface area contributed by atoms with Gasteiger partial charge in [0.05, 0.1) is 18.8 Å². The number of hydrogen-bond donors (Lipinski definition) is 4. The molecule has 4 aliphatic carbocycles. The van der Waals surface area contributed by atoms with Crippen LogP contribution in [0.25, 0.3) is 0 Å². The van der Waals surface area contributed by atoms with Crippen LogP contribution in [0.2, 0.25) is 0 Å². The molecule has 6 heteroatoms. The molecule has 6 rings (SSSR count). The van der Waals surface area contributed by atoms with Crippen LogP contribution in [-0.4, -0.2) is 56.9 Å². The predicted octanol–water partition coefficient (Wildman–Crippen LogP) is 0.376. The Kier molecular flexibility index (Phi) is 3.07. The number of carbonyl (C=O) groups excluding carboxylic acids is 1. The molecule has 2 aliphatic heterocycles. The minimum absolute atomic E-state index is 0.0966. The Labute approximate surface area is 152 Å². The number of aliphatic hydroxyl groups excluding tert-OH is 3. The number of ketones is 1. The van der Waals surface area contributed by atoms with Crippen LogP contribution in [0, 0.1) is 34.0 Å². The van der Waals surface area contributed by atoms with Crippen molar-refractivity contribution in [3.63, 3.8) is 0 Å². The summed E-state index contributed by atoms with van der Waals surface area (Å²) in [6.45, 7) is 8.07. The van der Waals surface area contributed by atoms with Gasteiger partial charge in [0.1, 0.15) is 11.5 Å². The largest absolute Gasteiger partial charge is 0.392 e. The molecule has 2 heterocycles. The molecule has 4 bridgehead atoms. The Morgan fingerprint density at radius 1 is 1.12 bits per heavy atom. The summed E-state index contributed by atoms with van der Waals surface area (Å²) >= 11 is 0. The highest BCUT2D eigenvalue weighted by Gasteiger charge is 2.86. The van der Waals surface area contributed by atoms with Crippen molar-refractivity contribution in [1.82, 2.24) is 0 Å². The normalized spacial score (nSPS) is 59.9. The zero-order chi connectivity index (χ0) is 18.9. The lowest BCUT2D eigenvalue weighted by Crippen LogP contribution is -2.85. The van der Waals surface area contributed by atoms with E-state index in [-0.39, 0.29) is 12.0 Å². The van der Waals surface area contributed by atoms with E-state index in [1.807, 2.05) is 13.8 Å². The van der Waals surface area contributed by atoms with E-state index in [2.05, 4.69) is 6.58 Å². The van der Waals surface area contributed by atoms with Crippen molar-refractivity contribution in [2.45, 2.75) is 63.6 Å². The van der Waals surface area contributed by atoms with Crippen LogP contribution in [0.4, 0.5) is 0 Å². The van der Waals surface area contributed by atoms with Crippen LogP contribution >= 0.6 is 0 Å². The maximum absolute atomic E-state index is 13.3. The van der Waals surface area contributed by atoms with Gasteiger partial charge in [0.15, 0.2) is 5.78 Å². The maximum Gasteiger partial charge on any atom is 0.208 e. The first-order valence-electron chi connectivity index (χ1n) is 9.71. The summed E-state index contributed by atoms with van der Waals surface area (Å²) in [7, 11) is 0. The van der Waals surface area contributed by atoms with Crippen LogP contribution in [0.15, 0.2) is 12.2 Å². The van der Waals surface area contributed by atoms with Gasteiger partial charge in [0.2, 0.25) is 5.79 Å². The third kappa shape index (κ3) is 1.41. The van der Waals surface area contributed by atoms with E-state index < -0.39 is 58.5 Å². The Balaban J connectivity index is 1.81. The molecule has 6 nitrogen and oxygen atoms in total. The van der Waals surface area contributed by atoms with Crippen LogP contribution in [0.1, 0.15) is 39.5 Å². The van der Waals surface area contributed by atoms with Gasteiger partial charge in [-0.25, -0.2) is 0 Å². The van der Waals surface area contributed by atoms with Crippen molar-refractivity contribution in [1.29, 1.82) is 0 Å². The van der Waals surface area contributed by atoms with E-state index in [0.29, 0.717) is 24.8 Å². The van der Waals surface area contributed by atoms with Gasteiger partial charge in [-0.1, -0.05) is 20.4 Å². The highest BCUT2D eigenvalue weighted by atomic mass is 16.6. The van der Waals surface area contributed by atoms with Crippen molar-refractivity contribution in [3.8, 4) is 0 Å². The summed E-state index contributed by atoms with van der Waals surface area (Å²) in [5, 5.41) is 45.1. The molecular formula is C20H28O6. The van der Waals surface area contributed by atoms with Crippen LogP contribution < -0.4 is 0 Å². The van der Waals surface area contributed by atoms with Gasteiger partial charge in [0, 0.05) is 17.3 Å². The summed E-state index contributed by atoms with van der Waals surface area (Å²) < 4.78 is 5.80. The molecule has 2 spiro atoms. The van der Waals surface area contributed by atoms with Gasteiger partial charge in [-0.2, -0.15) is 0 Å². The highest BCUT2D eigenvalue weighted by Crippen LogP contribution is 2.76. The maximum atomic E-state index is 13.3. The van der Waals surface area contributed by atoms with Crippen LogP contribution in [0.3, 0.4) is 0 Å². The molecular weight excluding hydrogens is 336 g/mol. The van der Waals surface area contributed by atoms with E-state index in [1.165, 1.54) is 0 Å². The van der Waals surface area contributed by atoms with E-state index >= 15 is 0 Å². The molecule has 6 fully saturated rings. The number of rotatable bonds is 0. The van der Waals surface area contributed by atoms with E-state index in [1.54, 1.807) is 0 Å². The first-order valence-corrected chi connectivity index (χ1v) is 9.71. The smallest absolute Gasteiger partial charge is 0.208 e. The van der Waals surface area contributed by atoms with Gasteiger partial charge in [-0.05, 0) is 42.6 Å². The quantitative estimate of drug-likeness (QED) is 0.463. The second-order valence-corrected chi connectivity index (χ2v) is 9.97. The molecule has 4 saturated carbocycles. The number of hydrogen-bond acceptors (Lipinski definition) is 6. The van der Waals surface area contributed by atoms with E-state index in [9.17, 15) is 25.2 Å². The monoisotopic (exact) mass is 364 g/mol. The molecule has 6 aliphatic rings. The van der Waals surface area contributed by atoms with Crippen molar-refractivity contribution in [2.24, 2.45) is 34.0 Å². The molecule has 144 valence electrons. The van der Waals surface area contributed by atoms with Gasteiger partial charge < -0.3 is 25.2 Å². The topological polar surface area (TPSA) is 107 Å². The average Bonchev–Trinajstić information content (AvgIpc) is 2.69.